The Morgan fingerprint density at radius 3 is 2.53 bits per heavy atom. The van der Waals surface area contributed by atoms with Crippen LogP contribution < -0.4 is 0 Å². The van der Waals surface area contributed by atoms with Gasteiger partial charge in [0, 0.05) is 19.0 Å². The van der Waals surface area contributed by atoms with Gasteiger partial charge in [0.1, 0.15) is 6.54 Å². The average Bonchev–Trinajstić information content (AvgIpc) is 3.37. The summed E-state index contributed by atoms with van der Waals surface area (Å²) in [6.45, 7) is 9.31. The van der Waals surface area contributed by atoms with E-state index in [-0.39, 0.29) is 29.6 Å². The molecular weight excluding hydrogens is 424 g/mol. The van der Waals surface area contributed by atoms with Crippen molar-refractivity contribution in [3.63, 3.8) is 0 Å². The van der Waals surface area contributed by atoms with Gasteiger partial charge in [-0.2, -0.15) is 9.90 Å². The van der Waals surface area contributed by atoms with Gasteiger partial charge >= 0.3 is 0 Å². The predicted octanol–water partition coefficient (Wildman–Crippen LogP) is 4.99. The minimum atomic E-state index is -0.0580. The summed E-state index contributed by atoms with van der Waals surface area (Å²) in [5.41, 5.74) is 1.01. The first-order valence-corrected chi connectivity index (χ1v) is 14.0. The van der Waals surface area contributed by atoms with Gasteiger partial charge in [-0.15, -0.1) is 5.10 Å². The lowest BCUT2D eigenvalue weighted by Gasteiger charge is -2.61. The van der Waals surface area contributed by atoms with Gasteiger partial charge in [0.2, 0.25) is 0 Å². The summed E-state index contributed by atoms with van der Waals surface area (Å²) in [5, 5.41) is 8.65. The smallest absolute Gasteiger partial charge is 0.276 e. The number of Topliss-reactive ketones (excluding diaryl/α,β-unsaturated/α-hetero) is 1. The number of carbonyl (C=O) groups is 2. The van der Waals surface area contributed by atoms with Crippen molar-refractivity contribution in [2.24, 2.45) is 46.3 Å². The number of ketones is 1. The van der Waals surface area contributed by atoms with Crippen LogP contribution in [-0.4, -0.2) is 44.7 Å². The average molecular weight is 467 g/mol. The molecule has 1 aromatic rings. The van der Waals surface area contributed by atoms with Crippen LogP contribution in [0.2, 0.25) is 0 Å². The normalized spacial score (nSPS) is 43.4. The van der Waals surface area contributed by atoms with Crippen LogP contribution in [0.4, 0.5) is 0 Å². The molecule has 0 spiro atoms. The van der Waals surface area contributed by atoms with E-state index in [2.05, 4.69) is 31.0 Å². The van der Waals surface area contributed by atoms with Crippen molar-refractivity contribution in [3.8, 4) is 0 Å². The Bertz CT molecular complexity index is 969. The molecule has 0 aromatic carbocycles. The molecule has 8 atom stereocenters. The van der Waals surface area contributed by atoms with Crippen LogP contribution in [0.3, 0.4) is 0 Å². The van der Waals surface area contributed by atoms with Gasteiger partial charge in [0.05, 0.1) is 6.20 Å². The lowest BCUT2D eigenvalue weighted by Crippen LogP contribution is -2.53. The number of fused-ring (bicyclic) bond motifs is 5. The lowest BCUT2D eigenvalue weighted by molar-refractivity contribution is -0.137. The largest absolute Gasteiger partial charge is 0.337 e. The number of aromatic nitrogens is 3. The summed E-state index contributed by atoms with van der Waals surface area (Å²) in [7, 11) is 0. The van der Waals surface area contributed by atoms with Crippen molar-refractivity contribution in [3.05, 3.63) is 11.9 Å². The molecule has 2 heterocycles. The fourth-order valence-corrected chi connectivity index (χ4v) is 9.40. The second-order valence-electron chi connectivity index (χ2n) is 13.1. The Labute approximate surface area is 204 Å². The molecule has 6 heteroatoms. The van der Waals surface area contributed by atoms with Gasteiger partial charge in [0.15, 0.2) is 11.5 Å². The second kappa shape index (κ2) is 8.16. The molecule has 186 valence electrons. The molecule has 5 aliphatic rings. The van der Waals surface area contributed by atoms with E-state index < -0.39 is 0 Å². The van der Waals surface area contributed by atoms with E-state index in [0.717, 1.165) is 49.6 Å². The summed E-state index contributed by atoms with van der Waals surface area (Å²) in [6, 6.07) is 0. The first kappa shape index (κ1) is 22.7. The number of rotatable bonds is 4. The summed E-state index contributed by atoms with van der Waals surface area (Å²) >= 11 is 0. The number of amides is 1. The standard InChI is InChI=1S/C28H42N4O2/c1-18-9-11-27(2)19(15-18)5-6-20-21-7-8-23(28(21,3)12-10-22(20)27)25(33)17-32-29-16-24(30-32)26(34)31-13-4-14-31/h16,18-23H,4-15,17H2,1-3H3. The number of nitrogens with zero attached hydrogens (tertiary/aromatic N) is 4. The number of hydrogen-bond acceptors (Lipinski definition) is 4. The van der Waals surface area contributed by atoms with Crippen molar-refractivity contribution < 1.29 is 9.59 Å². The second-order valence-corrected chi connectivity index (χ2v) is 13.1. The molecule has 4 saturated carbocycles. The molecule has 8 unspecified atom stereocenters. The molecule has 4 aliphatic carbocycles. The van der Waals surface area contributed by atoms with Crippen LogP contribution in [-0.2, 0) is 11.3 Å². The summed E-state index contributed by atoms with van der Waals surface area (Å²) in [4.78, 5) is 29.2. The fourth-order valence-electron chi connectivity index (χ4n) is 9.40. The summed E-state index contributed by atoms with van der Waals surface area (Å²) < 4.78 is 0. The third-order valence-corrected chi connectivity index (χ3v) is 11.5. The van der Waals surface area contributed by atoms with Crippen LogP contribution in [0, 0.1) is 46.3 Å². The molecular formula is C28H42N4O2. The Morgan fingerprint density at radius 2 is 1.76 bits per heavy atom. The fraction of sp³-hybridized carbons (Fsp3) is 0.857. The molecule has 1 amide bonds. The molecule has 0 radical (unpaired) electrons. The number of likely N-dealkylation sites (tertiary alicyclic amines) is 1. The van der Waals surface area contributed by atoms with Crippen LogP contribution >= 0.6 is 0 Å². The van der Waals surface area contributed by atoms with Crippen LogP contribution in [0.25, 0.3) is 0 Å². The van der Waals surface area contributed by atoms with E-state index >= 15 is 0 Å². The van der Waals surface area contributed by atoms with Crippen molar-refractivity contribution in [2.75, 3.05) is 13.1 Å². The molecule has 0 bridgehead atoms. The highest BCUT2D eigenvalue weighted by molar-refractivity contribution is 5.92. The van der Waals surface area contributed by atoms with Gasteiger partial charge in [0.25, 0.3) is 5.91 Å². The van der Waals surface area contributed by atoms with Gasteiger partial charge in [-0.1, -0.05) is 27.2 Å². The number of carbonyl (C=O) groups excluding carboxylic acids is 2. The van der Waals surface area contributed by atoms with Crippen molar-refractivity contribution in [1.29, 1.82) is 0 Å². The third-order valence-electron chi connectivity index (χ3n) is 11.5. The Balaban J connectivity index is 1.15. The maximum atomic E-state index is 13.5. The third kappa shape index (κ3) is 3.41. The highest BCUT2D eigenvalue weighted by Crippen LogP contribution is 2.67. The molecule has 6 rings (SSSR count). The Morgan fingerprint density at radius 1 is 1.00 bits per heavy atom. The van der Waals surface area contributed by atoms with Crippen LogP contribution in [0.15, 0.2) is 6.20 Å². The predicted molar refractivity (Wildman–Crippen MR) is 130 cm³/mol. The first-order valence-electron chi connectivity index (χ1n) is 14.0. The Kier molecular flexibility index (Phi) is 5.46. The van der Waals surface area contributed by atoms with Gasteiger partial charge < -0.3 is 4.90 Å². The van der Waals surface area contributed by atoms with Crippen LogP contribution in [0.5, 0.6) is 0 Å². The molecule has 0 N–H and O–H groups in total. The van der Waals surface area contributed by atoms with E-state index in [1.807, 2.05) is 0 Å². The SMILES string of the molecule is CC1CCC2(C)C(CCC3C2CCC2(C)C(C(=O)Cn4ncc(C(=O)N5CCC5)n4)CCC32)C1. The van der Waals surface area contributed by atoms with Gasteiger partial charge in [-0.25, -0.2) is 0 Å². The highest BCUT2D eigenvalue weighted by atomic mass is 16.2. The summed E-state index contributed by atoms with van der Waals surface area (Å²) in [5.74, 6) is 4.48. The summed E-state index contributed by atoms with van der Waals surface area (Å²) in [6.07, 6.45) is 14.3. The van der Waals surface area contributed by atoms with Gasteiger partial charge in [-0.05, 0) is 98.2 Å². The maximum absolute atomic E-state index is 13.5. The highest BCUT2D eigenvalue weighted by Gasteiger charge is 2.61. The van der Waals surface area contributed by atoms with E-state index in [0.29, 0.717) is 17.0 Å². The zero-order valence-corrected chi connectivity index (χ0v) is 21.3. The molecule has 34 heavy (non-hydrogen) atoms. The maximum Gasteiger partial charge on any atom is 0.276 e. The topological polar surface area (TPSA) is 68.1 Å². The molecule has 1 aliphatic heterocycles. The molecule has 5 fully saturated rings. The van der Waals surface area contributed by atoms with E-state index in [9.17, 15) is 9.59 Å². The minimum absolute atomic E-state index is 0.0580. The molecule has 6 nitrogen and oxygen atoms in total. The minimum Gasteiger partial charge on any atom is -0.337 e. The van der Waals surface area contributed by atoms with Crippen molar-refractivity contribution in [2.45, 2.75) is 91.5 Å². The lowest BCUT2D eigenvalue weighted by atomic mass is 9.44. The molecule has 1 saturated heterocycles. The van der Waals surface area contributed by atoms with Gasteiger partial charge in [-0.3, -0.25) is 9.59 Å². The molecule has 1 aromatic heterocycles. The first-order chi connectivity index (χ1) is 16.3. The van der Waals surface area contributed by atoms with Crippen LogP contribution in [0.1, 0.15) is 95.5 Å². The van der Waals surface area contributed by atoms with E-state index in [4.69, 9.17) is 0 Å². The van der Waals surface area contributed by atoms with Crippen molar-refractivity contribution >= 4 is 11.7 Å². The number of hydrogen-bond donors (Lipinski definition) is 0. The monoisotopic (exact) mass is 466 g/mol. The van der Waals surface area contributed by atoms with E-state index in [1.165, 1.54) is 62.4 Å². The Hall–Kier alpha value is -1.72. The van der Waals surface area contributed by atoms with Crippen molar-refractivity contribution in [1.82, 2.24) is 19.9 Å². The van der Waals surface area contributed by atoms with E-state index in [1.54, 1.807) is 4.90 Å². The zero-order chi connectivity index (χ0) is 23.7. The zero-order valence-electron chi connectivity index (χ0n) is 21.3. The quantitative estimate of drug-likeness (QED) is 0.627.